The molecule has 0 spiro atoms. The van der Waals surface area contributed by atoms with Crippen LogP contribution in [0.4, 0.5) is 10.5 Å². The second-order valence-corrected chi connectivity index (χ2v) is 7.16. The van der Waals surface area contributed by atoms with Crippen LogP contribution in [0.1, 0.15) is 26.2 Å². The van der Waals surface area contributed by atoms with Gasteiger partial charge < -0.3 is 19.9 Å². The van der Waals surface area contributed by atoms with Crippen LogP contribution in [-0.2, 0) is 0 Å². The molecule has 0 bridgehead atoms. The molecule has 1 atom stereocenters. The SMILES string of the molecule is COc1cccc(N2CC[C@H](CNC(=O)N3CCC(C)CC3)C2)c1. The van der Waals surface area contributed by atoms with E-state index in [9.17, 15) is 4.79 Å². The summed E-state index contributed by atoms with van der Waals surface area (Å²) in [7, 11) is 1.70. The second kappa shape index (κ2) is 7.77. The van der Waals surface area contributed by atoms with E-state index in [4.69, 9.17) is 4.74 Å². The molecule has 2 amide bonds. The summed E-state index contributed by atoms with van der Waals surface area (Å²) < 4.78 is 5.31. The first kappa shape index (κ1) is 16.9. The van der Waals surface area contributed by atoms with Crippen LogP contribution >= 0.6 is 0 Å². The zero-order valence-corrected chi connectivity index (χ0v) is 14.8. The van der Waals surface area contributed by atoms with Crippen LogP contribution in [-0.4, -0.2) is 50.8 Å². The zero-order valence-electron chi connectivity index (χ0n) is 14.8. The average Bonchev–Trinajstić information content (AvgIpc) is 3.09. The number of piperidine rings is 1. The lowest BCUT2D eigenvalue weighted by molar-refractivity contribution is 0.173. The first-order valence-electron chi connectivity index (χ1n) is 9.07. The van der Waals surface area contributed by atoms with Crippen LogP contribution in [0.5, 0.6) is 5.75 Å². The molecule has 2 heterocycles. The third-order valence-corrected chi connectivity index (χ3v) is 5.32. The number of carbonyl (C=O) groups is 1. The van der Waals surface area contributed by atoms with Crippen molar-refractivity contribution in [2.45, 2.75) is 26.2 Å². The number of carbonyl (C=O) groups excluding carboxylic acids is 1. The van der Waals surface area contributed by atoms with Gasteiger partial charge in [0.1, 0.15) is 5.75 Å². The number of methoxy groups -OCH3 is 1. The number of amides is 2. The molecule has 0 aliphatic carbocycles. The molecular weight excluding hydrogens is 302 g/mol. The van der Waals surface area contributed by atoms with Gasteiger partial charge in [0.05, 0.1) is 7.11 Å². The Morgan fingerprint density at radius 3 is 2.79 bits per heavy atom. The third-order valence-electron chi connectivity index (χ3n) is 5.32. The first-order valence-corrected chi connectivity index (χ1v) is 9.07. The van der Waals surface area contributed by atoms with Gasteiger partial charge in [0.2, 0.25) is 0 Å². The molecule has 3 rings (SSSR count). The minimum atomic E-state index is 0.113. The van der Waals surface area contributed by atoms with Crippen molar-refractivity contribution in [2.24, 2.45) is 11.8 Å². The standard InChI is InChI=1S/C19H29N3O2/c1-15-6-9-21(10-7-15)19(23)20-13-16-8-11-22(14-16)17-4-3-5-18(12-17)24-2/h3-5,12,15-16H,6-11,13-14H2,1-2H3,(H,20,23)/t16-/m1/s1. The van der Waals surface area contributed by atoms with Gasteiger partial charge in [-0.05, 0) is 43.2 Å². The summed E-state index contributed by atoms with van der Waals surface area (Å²) in [5.74, 6) is 2.16. The maximum absolute atomic E-state index is 12.3. The Bertz CT molecular complexity index is 555. The van der Waals surface area contributed by atoms with Crippen LogP contribution in [0, 0.1) is 11.8 Å². The summed E-state index contributed by atoms with van der Waals surface area (Å²) in [4.78, 5) is 16.6. The monoisotopic (exact) mass is 331 g/mol. The third kappa shape index (κ3) is 4.13. The van der Waals surface area contributed by atoms with Gasteiger partial charge in [-0.15, -0.1) is 0 Å². The van der Waals surface area contributed by atoms with Crippen LogP contribution < -0.4 is 15.0 Å². The number of benzene rings is 1. The molecule has 2 aliphatic heterocycles. The van der Waals surface area contributed by atoms with E-state index in [0.29, 0.717) is 5.92 Å². The quantitative estimate of drug-likeness (QED) is 0.922. The van der Waals surface area contributed by atoms with E-state index in [1.807, 2.05) is 17.0 Å². The fourth-order valence-corrected chi connectivity index (χ4v) is 3.60. The van der Waals surface area contributed by atoms with Gasteiger partial charge in [0.25, 0.3) is 0 Å². The lowest BCUT2D eigenvalue weighted by Crippen LogP contribution is -2.45. The lowest BCUT2D eigenvalue weighted by Gasteiger charge is -2.30. The molecule has 0 saturated carbocycles. The summed E-state index contributed by atoms with van der Waals surface area (Å²) in [6, 6.07) is 8.31. The van der Waals surface area contributed by atoms with Gasteiger partial charge >= 0.3 is 6.03 Å². The van der Waals surface area contributed by atoms with E-state index in [0.717, 1.165) is 63.7 Å². The number of nitrogens with zero attached hydrogens (tertiary/aromatic N) is 2. The number of hydrogen-bond acceptors (Lipinski definition) is 3. The Morgan fingerprint density at radius 2 is 2.04 bits per heavy atom. The van der Waals surface area contributed by atoms with E-state index in [-0.39, 0.29) is 6.03 Å². The van der Waals surface area contributed by atoms with Gasteiger partial charge in [0, 0.05) is 44.5 Å². The fraction of sp³-hybridized carbons (Fsp3) is 0.632. The van der Waals surface area contributed by atoms with E-state index < -0.39 is 0 Å². The predicted molar refractivity (Wildman–Crippen MR) is 96.7 cm³/mol. The Kier molecular flexibility index (Phi) is 5.48. The minimum absolute atomic E-state index is 0.113. The molecule has 0 unspecified atom stereocenters. The van der Waals surface area contributed by atoms with Gasteiger partial charge in [-0.25, -0.2) is 4.79 Å². The van der Waals surface area contributed by atoms with Crippen molar-refractivity contribution in [1.82, 2.24) is 10.2 Å². The molecule has 5 nitrogen and oxygen atoms in total. The Labute approximate surface area is 145 Å². The summed E-state index contributed by atoms with van der Waals surface area (Å²) in [5.41, 5.74) is 1.20. The van der Waals surface area contributed by atoms with E-state index in [1.165, 1.54) is 5.69 Å². The summed E-state index contributed by atoms with van der Waals surface area (Å²) >= 11 is 0. The number of ether oxygens (including phenoxy) is 1. The zero-order chi connectivity index (χ0) is 16.9. The van der Waals surface area contributed by atoms with Crippen molar-refractivity contribution in [3.05, 3.63) is 24.3 Å². The van der Waals surface area contributed by atoms with Crippen LogP contribution in [0.3, 0.4) is 0 Å². The second-order valence-electron chi connectivity index (χ2n) is 7.16. The Balaban J connectivity index is 1.45. The Hall–Kier alpha value is -1.91. The fourth-order valence-electron chi connectivity index (χ4n) is 3.60. The van der Waals surface area contributed by atoms with Crippen LogP contribution in [0.2, 0.25) is 0 Å². The van der Waals surface area contributed by atoms with Crippen molar-refractivity contribution >= 4 is 11.7 Å². The smallest absolute Gasteiger partial charge is 0.317 e. The van der Waals surface area contributed by atoms with Crippen molar-refractivity contribution in [1.29, 1.82) is 0 Å². The lowest BCUT2D eigenvalue weighted by atomic mass is 10.00. The highest BCUT2D eigenvalue weighted by atomic mass is 16.5. The van der Waals surface area contributed by atoms with E-state index >= 15 is 0 Å². The van der Waals surface area contributed by atoms with Gasteiger partial charge in [0.15, 0.2) is 0 Å². The minimum Gasteiger partial charge on any atom is -0.497 e. The molecule has 5 heteroatoms. The largest absolute Gasteiger partial charge is 0.497 e. The van der Waals surface area contributed by atoms with E-state index in [1.54, 1.807) is 7.11 Å². The summed E-state index contributed by atoms with van der Waals surface area (Å²) in [6.45, 7) is 6.85. The number of hydrogen-bond donors (Lipinski definition) is 1. The summed E-state index contributed by atoms with van der Waals surface area (Å²) in [5, 5.41) is 3.14. The highest BCUT2D eigenvalue weighted by molar-refractivity contribution is 5.74. The molecule has 0 aromatic heterocycles. The topological polar surface area (TPSA) is 44.8 Å². The van der Waals surface area contributed by atoms with E-state index in [2.05, 4.69) is 29.3 Å². The van der Waals surface area contributed by atoms with Crippen molar-refractivity contribution < 1.29 is 9.53 Å². The Morgan fingerprint density at radius 1 is 1.25 bits per heavy atom. The number of anilines is 1. The molecule has 1 aromatic rings. The molecule has 2 aliphatic rings. The highest BCUT2D eigenvalue weighted by Crippen LogP contribution is 2.26. The molecule has 1 aromatic carbocycles. The van der Waals surface area contributed by atoms with Crippen molar-refractivity contribution in [3.8, 4) is 5.75 Å². The molecule has 1 N–H and O–H groups in total. The van der Waals surface area contributed by atoms with Gasteiger partial charge in [-0.1, -0.05) is 13.0 Å². The molecular formula is C19H29N3O2. The first-order chi connectivity index (χ1) is 11.7. The van der Waals surface area contributed by atoms with Crippen molar-refractivity contribution in [3.63, 3.8) is 0 Å². The number of likely N-dealkylation sites (tertiary alicyclic amines) is 1. The predicted octanol–water partition coefficient (Wildman–Crippen LogP) is 2.96. The molecule has 0 radical (unpaired) electrons. The van der Waals surface area contributed by atoms with Crippen molar-refractivity contribution in [2.75, 3.05) is 44.7 Å². The number of rotatable bonds is 4. The van der Waals surface area contributed by atoms with Gasteiger partial charge in [-0.3, -0.25) is 0 Å². The van der Waals surface area contributed by atoms with Crippen LogP contribution in [0.25, 0.3) is 0 Å². The van der Waals surface area contributed by atoms with Crippen LogP contribution in [0.15, 0.2) is 24.3 Å². The van der Waals surface area contributed by atoms with Gasteiger partial charge in [-0.2, -0.15) is 0 Å². The number of urea groups is 1. The maximum atomic E-state index is 12.3. The number of nitrogens with one attached hydrogen (secondary N) is 1. The highest BCUT2D eigenvalue weighted by Gasteiger charge is 2.25. The molecule has 2 fully saturated rings. The summed E-state index contributed by atoms with van der Waals surface area (Å²) in [6.07, 6.45) is 3.37. The normalized spacial score (nSPS) is 21.8. The molecule has 2 saturated heterocycles. The average molecular weight is 331 g/mol. The molecule has 24 heavy (non-hydrogen) atoms. The molecule has 132 valence electrons. The maximum Gasteiger partial charge on any atom is 0.317 e.